The number of nitrogens with one attached hydrogen (secondary N) is 1. The molecule has 0 aliphatic carbocycles. The summed E-state index contributed by atoms with van der Waals surface area (Å²) in [6.07, 6.45) is 12.0. The van der Waals surface area contributed by atoms with Crippen molar-refractivity contribution in [3.63, 3.8) is 0 Å². The van der Waals surface area contributed by atoms with E-state index in [-0.39, 0.29) is 0 Å². The predicted molar refractivity (Wildman–Crippen MR) is 69.4 cm³/mol. The molecule has 0 aromatic carbocycles. The smallest absolute Gasteiger partial charge is 0.00396 e. The van der Waals surface area contributed by atoms with Crippen molar-refractivity contribution in [2.45, 2.75) is 27.7 Å². The van der Waals surface area contributed by atoms with E-state index < -0.39 is 0 Å². The quantitative estimate of drug-likeness (QED) is 0.663. The molecule has 0 aromatic rings. The number of hydrogen-bond donors (Lipinski definition) is 1. The van der Waals surface area contributed by atoms with Crippen molar-refractivity contribution < 1.29 is 0 Å². The van der Waals surface area contributed by atoms with E-state index in [4.69, 9.17) is 0 Å². The topological polar surface area (TPSA) is 12.0 Å². The maximum Gasteiger partial charge on any atom is 0.00396 e. The van der Waals surface area contributed by atoms with Crippen molar-refractivity contribution in [2.24, 2.45) is 0 Å². The van der Waals surface area contributed by atoms with Gasteiger partial charge in [0.1, 0.15) is 0 Å². The van der Waals surface area contributed by atoms with Gasteiger partial charge in [0.05, 0.1) is 0 Å². The second-order valence-corrected chi connectivity index (χ2v) is 3.31. The summed E-state index contributed by atoms with van der Waals surface area (Å²) in [5.41, 5.74) is 3.67. The average Bonchev–Trinajstić information content (AvgIpc) is 2.26. The fourth-order valence-corrected chi connectivity index (χ4v) is 1.04. The minimum Gasteiger partial charge on any atom is -0.368 e. The normalized spacial score (nSPS) is 14.5. The SMILES string of the molecule is C=CN/C=C(C)/C(/C=C\C(C)=C/C)=C/C. The van der Waals surface area contributed by atoms with Gasteiger partial charge < -0.3 is 5.32 Å². The lowest BCUT2D eigenvalue weighted by Crippen LogP contribution is -1.94. The highest BCUT2D eigenvalue weighted by molar-refractivity contribution is 5.40. The van der Waals surface area contributed by atoms with Gasteiger partial charge in [-0.1, -0.05) is 36.5 Å². The van der Waals surface area contributed by atoms with E-state index in [0.29, 0.717) is 0 Å². The molecule has 1 heteroatoms. The van der Waals surface area contributed by atoms with Crippen LogP contribution in [0.5, 0.6) is 0 Å². The van der Waals surface area contributed by atoms with E-state index in [1.165, 1.54) is 16.7 Å². The van der Waals surface area contributed by atoms with Gasteiger partial charge in [-0.3, -0.25) is 0 Å². The zero-order valence-electron chi connectivity index (χ0n) is 10.2. The van der Waals surface area contributed by atoms with Crippen LogP contribution in [0.2, 0.25) is 0 Å². The summed E-state index contributed by atoms with van der Waals surface area (Å²) in [4.78, 5) is 0. The third-order valence-corrected chi connectivity index (χ3v) is 2.17. The fraction of sp³-hybridized carbons (Fsp3) is 0.286. The largest absolute Gasteiger partial charge is 0.368 e. The molecule has 1 N–H and O–H groups in total. The molecule has 0 radical (unpaired) electrons. The van der Waals surface area contributed by atoms with E-state index in [2.05, 4.69) is 50.0 Å². The molecule has 0 saturated heterocycles. The maximum absolute atomic E-state index is 3.60. The zero-order chi connectivity index (χ0) is 11.7. The van der Waals surface area contributed by atoms with Gasteiger partial charge in [0.2, 0.25) is 0 Å². The summed E-state index contributed by atoms with van der Waals surface area (Å²) in [7, 11) is 0. The molecule has 0 heterocycles. The molecule has 82 valence electrons. The summed E-state index contributed by atoms with van der Waals surface area (Å²) in [5.74, 6) is 0. The van der Waals surface area contributed by atoms with Crippen molar-refractivity contribution in [1.82, 2.24) is 5.32 Å². The van der Waals surface area contributed by atoms with Gasteiger partial charge in [0.15, 0.2) is 0 Å². The Morgan fingerprint density at radius 1 is 1.07 bits per heavy atom. The van der Waals surface area contributed by atoms with Crippen LogP contribution in [0.15, 0.2) is 60.0 Å². The van der Waals surface area contributed by atoms with Crippen molar-refractivity contribution in [2.75, 3.05) is 0 Å². The van der Waals surface area contributed by atoms with Crippen LogP contribution in [0.25, 0.3) is 0 Å². The third kappa shape index (κ3) is 5.74. The van der Waals surface area contributed by atoms with Gasteiger partial charge in [-0.2, -0.15) is 0 Å². The van der Waals surface area contributed by atoms with Gasteiger partial charge in [-0.25, -0.2) is 0 Å². The van der Waals surface area contributed by atoms with Crippen LogP contribution in [0, 0.1) is 0 Å². The predicted octanol–water partition coefficient (Wildman–Crippen LogP) is 4.09. The van der Waals surface area contributed by atoms with Crippen LogP contribution in [0.4, 0.5) is 0 Å². The molecule has 0 spiro atoms. The van der Waals surface area contributed by atoms with Gasteiger partial charge in [0, 0.05) is 6.20 Å². The monoisotopic (exact) mass is 203 g/mol. The van der Waals surface area contributed by atoms with Crippen LogP contribution >= 0.6 is 0 Å². The lowest BCUT2D eigenvalue weighted by atomic mass is 10.1. The molecule has 15 heavy (non-hydrogen) atoms. The Morgan fingerprint density at radius 3 is 2.20 bits per heavy atom. The van der Waals surface area contributed by atoms with Gasteiger partial charge in [-0.05, 0) is 45.0 Å². The number of rotatable bonds is 5. The lowest BCUT2D eigenvalue weighted by Gasteiger charge is -2.02. The van der Waals surface area contributed by atoms with Crippen LogP contribution in [-0.4, -0.2) is 0 Å². The lowest BCUT2D eigenvalue weighted by molar-refractivity contribution is 1.16. The van der Waals surface area contributed by atoms with E-state index >= 15 is 0 Å². The Labute approximate surface area is 93.6 Å². The Hall–Kier alpha value is -1.50. The molecule has 0 amide bonds. The molecule has 1 nitrogen and oxygen atoms in total. The fourth-order valence-electron chi connectivity index (χ4n) is 1.04. The Bertz CT molecular complexity index is 314. The van der Waals surface area contributed by atoms with Crippen LogP contribution < -0.4 is 5.32 Å². The number of allylic oxidation sites excluding steroid dienone is 7. The number of hydrogen-bond acceptors (Lipinski definition) is 1. The highest BCUT2D eigenvalue weighted by Crippen LogP contribution is 2.11. The molecular formula is C14H21N. The first-order valence-corrected chi connectivity index (χ1v) is 5.17. The Kier molecular flexibility index (Phi) is 7.08. The second-order valence-electron chi connectivity index (χ2n) is 3.31. The minimum absolute atomic E-state index is 1.19. The molecule has 0 atom stereocenters. The molecule has 0 unspecified atom stereocenters. The molecular weight excluding hydrogens is 182 g/mol. The average molecular weight is 203 g/mol. The van der Waals surface area contributed by atoms with Crippen molar-refractivity contribution in [1.29, 1.82) is 0 Å². The molecule has 0 aliphatic rings. The molecule has 0 fully saturated rings. The summed E-state index contributed by atoms with van der Waals surface area (Å²) >= 11 is 0. The molecule has 0 aromatic heterocycles. The van der Waals surface area contributed by atoms with Crippen molar-refractivity contribution in [3.8, 4) is 0 Å². The van der Waals surface area contributed by atoms with Crippen molar-refractivity contribution >= 4 is 0 Å². The zero-order valence-corrected chi connectivity index (χ0v) is 10.2. The standard InChI is InChI=1S/C14H21N/c1-6-12(4)9-10-14(7-2)13(5)11-15-8-3/h6-11,15H,3H2,1-2,4-5H3/b10-9-,12-6-,13-11+,14-7+. The summed E-state index contributed by atoms with van der Waals surface area (Å²) in [6.45, 7) is 11.8. The first-order valence-electron chi connectivity index (χ1n) is 5.17. The molecule has 0 saturated carbocycles. The Morgan fingerprint density at radius 2 is 1.73 bits per heavy atom. The first-order chi connectivity index (χ1) is 7.15. The molecule has 0 bridgehead atoms. The molecule has 0 aliphatic heterocycles. The third-order valence-electron chi connectivity index (χ3n) is 2.17. The summed E-state index contributed by atoms with van der Waals surface area (Å²) in [5, 5.41) is 2.98. The van der Waals surface area contributed by atoms with Gasteiger partial charge in [-0.15, -0.1) is 0 Å². The van der Waals surface area contributed by atoms with Crippen LogP contribution in [0.3, 0.4) is 0 Å². The maximum atomic E-state index is 3.60. The molecule has 0 rings (SSSR count). The van der Waals surface area contributed by atoms with Crippen molar-refractivity contribution in [3.05, 3.63) is 60.0 Å². The Balaban J connectivity index is 4.66. The van der Waals surface area contributed by atoms with E-state index in [0.717, 1.165) is 0 Å². The first kappa shape index (κ1) is 13.5. The highest BCUT2D eigenvalue weighted by Gasteiger charge is 1.92. The highest BCUT2D eigenvalue weighted by atomic mass is 14.8. The van der Waals surface area contributed by atoms with Crippen LogP contribution in [-0.2, 0) is 0 Å². The summed E-state index contributed by atoms with van der Waals surface area (Å²) in [6, 6.07) is 0. The van der Waals surface area contributed by atoms with Crippen LogP contribution in [0.1, 0.15) is 27.7 Å². The van der Waals surface area contributed by atoms with E-state index in [1.54, 1.807) is 6.20 Å². The second kappa shape index (κ2) is 7.86. The van der Waals surface area contributed by atoms with E-state index in [1.807, 2.05) is 20.0 Å². The minimum atomic E-state index is 1.19. The summed E-state index contributed by atoms with van der Waals surface area (Å²) < 4.78 is 0. The van der Waals surface area contributed by atoms with Gasteiger partial charge >= 0.3 is 0 Å². The van der Waals surface area contributed by atoms with Gasteiger partial charge in [0.25, 0.3) is 0 Å². The van der Waals surface area contributed by atoms with E-state index in [9.17, 15) is 0 Å².